The molecule has 2 aromatic rings. The number of sulfonamides is 1. The van der Waals surface area contributed by atoms with Crippen LogP contribution >= 0.6 is 0 Å². The summed E-state index contributed by atoms with van der Waals surface area (Å²) in [6.45, 7) is 1.38. The van der Waals surface area contributed by atoms with E-state index in [4.69, 9.17) is 0 Å². The maximum Gasteiger partial charge on any atom is 0.273 e. The average molecular weight is 282 g/mol. The highest BCUT2D eigenvalue weighted by molar-refractivity contribution is 7.92. The average Bonchev–Trinajstić information content (AvgIpc) is 2.80. The third-order valence-electron chi connectivity index (χ3n) is 2.47. The predicted molar refractivity (Wildman–Crippen MR) is 67.2 cm³/mol. The zero-order valence-corrected chi connectivity index (χ0v) is 10.6. The Hall–Kier alpha value is -2.42. The Morgan fingerprint density at radius 1 is 1.42 bits per heavy atom. The van der Waals surface area contributed by atoms with E-state index in [0.29, 0.717) is 0 Å². The van der Waals surface area contributed by atoms with Gasteiger partial charge in [-0.1, -0.05) is 6.07 Å². The number of hydrogen-bond acceptors (Lipinski definition) is 5. The van der Waals surface area contributed by atoms with Crippen LogP contribution in [0.15, 0.2) is 35.5 Å². The van der Waals surface area contributed by atoms with Crippen LogP contribution in [0.25, 0.3) is 0 Å². The van der Waals surface area contributed by atoms with Crippen LogP contribution in [0.4, 0.5) is 11.6 Å². The van der Waals surface area contributed by atoms with Crippen molar-refractivity contribution in [2.75, 3.05) is 4.72 Å². The highest BCUT2D eigenvalue weighted by Gasteiger charge is 2.23. The van der Waals surface area contributed by atoms with Gasteiger partial charge in [0.05, 0.1) is 9.82 Å². The summed E-state index contributed by atoms with van der Waals surface area (Å²) in [6, 6.07) is 3.87. The lowest BCUT2D eigenvalue weighted by Gasteiger charge is -2.08. The topological polar surface area (TPSA) is 118 Å². The normalized spacial score (nSPS) is 11.2. The van der Waals surface area contributed by atoms with Crippen LogP contribution < -0.4 is 4.72 Å². The lowest BCUT2D eigenvalue weighted by Crippen LogP contribution is -2.15. The number of H-pyrrole nitrogens is 1. The zero-order chi connectivity index (χ0) is 14.0. The Morgan fingerprint density at radius 2 is 2.16 bits per heavy atom. The molecule has 100 valence electrons. The predicted octanol–water partition coefficient (Wildman–Crippen LogP) is 1.43. The second-order valence-electron chi connectivity index (χ2n) is 3.70. The molecule has 0 saturated carbocycles. The number of nitrogens with one attached hydrogen (secondary N) is 2. The van der Waals surface area contributed by atoms with E-state index in [2.05, 4.69) is 14.7 Å². The molecule has 0 saturated heterocycles. The van der Waals surface area contributed by atoms with E-state index in [1.165, 1.54) is 37.5 Å². The first-order valence-electron chi connectivity index (χ1n) is 5.18. The van der Waals surface area contributed by atoms with Gasteiger partial charge in [-0.3, -0.25) is 10.1 Å². The molecule has 2 rings (SSSR count). The van der Waals surface area contributed by atoms with E-state index < -0.39 is 14.9 Å². The van der Waals surface area contributed by atoms with Gasteiger partial charge in [-0.25, -0.2) is 18.1 Å². The third kappa shape index (κ3) is 2.55. The van der Waals surface area contributed by atoms with E-state index in [9.17, 15) is 18.5 Å². The van der Waals surface area contributed by atoms with Crippen molar-refractivity contribution in [2.45, 2.75) is 11.8 Å². The van der Waals surface area contributed by atoms with Crippen LogP contribution in [-0.2, 0) is 10.0 Å². The number of rotatable bonds is 4. The summed E-state index contributed by atoms with van der Waals surface area (Å²) in [6.07, 6.45) is 2.84. The van der Waals surface area contributed by atoms with Crippen LogP contribution in [0.2, 0.25) is 0 Å². The molecule has 0 unspecified atom stereocenters. The maximum absolute atomic E-state index is 12.1. The van der Waals surface area contributed by atoms with Gasteiger partial charge in [-0.05, 0) is 13.0 Å². The Labute approximate surface area is 108 Å². The van der Waals surface area contributed by atoms with Crippen molar-refractivity contribution in [3.8, 4) is 0 Å². The molecule has 0 bridgehead atoms. The quantitative estimate of drug-likeness (QED) is 0.649. The molecule has 0 radical (unpaired) electrons. The number of aromatic nitrogens is 2. The van der Waals surface area contributed by atoms with Crippen molar-refractivity contribution >= 4 is 21.7 Å². The summed E-state index contributed by atoms with van der Waals surface area (Å²) in [5, 5.41) is 10.8. The number of anilines is 1. The van der Waals surface area contributed by atoms with Crippen molar-refractivity contribution in [3.05, 3.63) is 46.3 Å². The Morgan fingerprint density at radius 3 is 2.74 bits per heavy atom. The van der Waals surface area contributed by atoms with E-state index in [-0.39, 0.29) is 22.1 Å². The van der Waals surface area contributed by atoms with Crippen LogP contribution in [0.1, 0.15) is 5.56 Å². The monoisotopic (exact) mass is 282 g/mol. The molecule has 2 N–H and O–H groups in total. The van der Waals surface area contributed by atoms with E-state index in [1.54, 1.807) is 0 Å². The third-order valence-corrected chi connectivity index (χ3v) is 3.95. The molecular weight excluding hydrogens is 272 g/mol. The van der Waals surface area contributed by atoms with Gasteiger partial charge in [0.2, 0.25) is 5.95 Å². The van der Waals surface area contributed by atoms with Crippen LogP contribution in [0.3, 0.4) is 0 Å². The molecule has 0 aliphatic carbocycles. The molecule has 0 aliphatic heterocycles. The largest absolute Gasteiger partial charge is 0.330 e. The fourth-order valence-electron chi connectivity index (χ4n) is 1.60. The minimum absolute atomic E-state index is 0.0471. The summed E-state index contributed by atoms with van der Waals surface area (Å²) in [5.74, 6) is 0.0471. The Bertz CT molecular complexity index is 709. The summed E-state index contributed by atoms with van der Waals surface area (Å²) < 4.78 is 26.4. The van der Waals surface area contributed by atoms with E-state index >= 15 is 0 Å². The fraction of sp³-hybridized carbons (Fsp3) is 0.100. The van der Waals surface area contributed by atoms with Gasteiger partial charge >= 0.3 is 0 Å². The Kier molecular flexibility index (Phi) is 3.21. The number of nitro benzene ring substituents is 1. The first-order valence-corrected chi connectivity index (χ1v) is 6.66. The van der Waals surface area contributed by atoms with Gasteiger partial charge in [-0.2, -0.15) is 0 Å². The SMILES string of the molecule is Cc1c([N+](=O)[O-])cccc1S(=O)(=O)Nc1ncc[nH]1. The smallest absolute Gasteiger partial charge is 0.273 e. The second-order valence-corrected chi connectivity index (χ2v) is 5.35. The number of nitro groups is 1. The maximum atomic E-state index is 12.1. The molecule has 0 aliphatic rings. The van der Waals surface area contributed by atoms with Crippen molar-refractivity contribution in [2.24, 2.45) is 0 Å². The number of hydrogen-bond donors (Lipinski definition) is 2. The molecule has 0 spiro atoms. The first-order chi connectivity index (χ1) is 8.92. The van der Waals surface area contributed by atoms with Crippen molar-refractivity contribution in [3.63, 3.8) is 0 Å². The molecule has 0 amide bonds. The van der Waals surface area contributed by atoms with E-state index in [0.717, 1.165) is 0 Å². The minimum atomic E-state index is -3.92. The van der Waals surface area contributed by atoms with Gasteiger partial charge in [0.15, 0.2) is 0 Å². The minimum Gasteiger partial charge on any atom is -0.330 e. The molecule has 9 heteroatoms. The molecular formula is C10H10N4O4S. The highest BCUT2D eigenvalue weighted by atomic mass is 32.2. The molecule has 19 heavy (non-hydrogen) atoms. The molecule has 0 fully saturated rings. The molecule has 1 aromatic carbocycles. The molecule has 0 atom stereocenters. The highest BCUT2D eigenvalue weighted by Crippen LogP contribution is 2.25. The van der Waals surface area contributed by atoms with Gasteiger partial charge in [0, 0.05) is 24.0 Å². The first kappa shape index (κ1) is 13.0. The number of benzene rings is 1. The molecule has 8 nitrogen and oxygen atoms in total. The summed E-state index contributed by atoms with van der Waals surface area (Å²) in [4.78, 5) is 16.3. The van der Waals surface area contributed by atoms with Crippen molar-refractivity contribution in [1.29, 1.82) is 0 Å². The van der Waals surface area contributed by atoms with Crippen molar-refractivity contribution in [1.82, 2.24) is 9.97 Å². The summed E-state index contributed by atoms with van der Waals surface area (Å²) in [7, 11) is -3.92. The standard InChI is InChI=1S/C10H10N4O4S/c1-7-8(14(15)16)3-2-4-9(7)19(17,18)13-10-11-5-6-12-10/h2-6H,1H3,(H2,11,12,13). The summed E-state index contributed by atoms with van der Waals surface area (Å²) in [5.41, 5.74) is -0.172. The van der Waals surface area contributed by atoms with Crippen LogP contribution in [0, 0.1) is 17.0 Å². The van der Waals surface area contributed by atoms with Crippen molar-refractivity contribution < 1.29 is 13.3 Å². The van der Waals surface area contributed by atoms with E-state index in [1.807, 2.05) is 0 Å². The zero-order valence-electron chi connectivity index (χ0n) is 9.82. The summed E-state index contributed by atoms with van der Waals surface area (Å²) >= 11 is 0. The number of aromatic amines is 1. The van der Waals surface area contributed by atoms with Gasteiger partial charge in [0.1, 0.15) is 0 Å². The molecule has 1 heterocycles. The lowest BCUT2D eigenvalue weighted by atomic mass is 10.2. The number of imidazole rings is 1. The number of nitrogens with zero attached hydrogens (tertiary/aromatic N) is 2. The van der Waals surface area contributed by atoms with Crippen LogP contribution in [-0.4, -0.2) is 23.3 Å². The second kappa shape index (κ2) is 4.69. The Balaban J connectivity index is 2.47. The lowest BCUT2D eigenvalue weighted by molar-refractivity contribution is -0.385. The molecule has 1 aromatic heterocycles. The fourth-order valence-corrected chi connectivity index (χ4v) is 2.84. The van der Waals surface area contributed by atoms with Crippen LogP contribution in [0.5, 0.6) is 0 Å². The van der Waals surface area contributed by atoms with Gasteiger partial charge in [0.25, 0.3) is 15.7 Å². The van der Waals surface area contributed by atoms with Gasteiger partial charge in [-0.15, -0.1) is 0 Å². The van der Waals surface area contributed by atoms with Gasteiger partial charge < -0.3 is 4.98 Å².